The van der Waals surface area contributed by atoms with Crippen LogP contribution in [0.25, 0.3) is 11.2 Å². The number of aliphatic hydroxyl groups is 4. The number of hydrogen-bond donors (Lipinski definition) is 7. The highest BCUT2D eigenvalue weighted by atomic mass is 32.2. The number of ether oxygens (including phenoxy) is 1. The first-order valence-electron chi connectivity index (χ1n) is 9.07. The predicted molar refractivity (Wildman–Crippen MR) is 105 cm³/mol. The molecule has 1 saturated heterocycles. The van der Waals surface area contributed by atoms with Crippen LogP contribution in [-0.4, -0.2) is 100 Å². The molecule has 31 heavy (non-hydrogen) atoms. The molecule has 15 heteroatoms. The molecule has 3 heterocycles. The van der Waals surface area contributed by atoms with Gasteiger partial charge in [0.2, 0.25) is 0 Å². The Labute approximate surface area is 179 Å². The van der Waals surface area contributed by atoms with Gasteiger partial charge in [-0.3, -0.25) is 9.88 Å². The van der Waals surface area contributed by atoms with Crippen LogP contribution in [-0.2, 0) is 9.53 Å². The number of carbonyl (C=O) groups excluding carboxylic acids is 1. The monoisotopic (exact) mass is 458 g/mol. The molecule has 2 aromatic heterocycles. The zero-order valence-corrected chi connectivity index (χ0v) is 17.2. The first-order chi connectivity index (χ1) is 14.7. The van der Waals surface area contributed by atoms with Crippen molar-refractivity contribution >= 4 is 40.7 Å². The zero-order valence-electron chi connectivity index (χ0n) is 16.4. The molecular weight excluding hydrogens is 436 g/mol. The summed E-state index contributed by atoms with van der Waals surface area (Å²) in [6.45, 7) is 0.712. The molecule has 2 aromatic rings. The van der Waals surface area contributed by atoms with Gasteiger partial charge >= 0.3 is 12.0 Å². The van der Waals surface area contributed by atoms with Crippen LogP contribution in [0.5, 0.6) is 0 Å². The number of anilines is 1. The highest BCUT2D eigenvalue weighted by Gasteiger charge is 2.44. The molecule has 3 rings (SSSR count). The Morgan fingerprint density at radius 1 is 1.32 bits per heavy atom. The van der Waals surface area contributed by atoms with Crippen molar-refractivity contribution in [3.63, 3.8) is 0 Å². The van der Waals surface area contributed by atoms with Gasteiger partial charge in [-0.15, -0.1) is 0 Å². The second-order valence-corrected chi connectivity index (χ2v) is 7.54. The summed E-state index contributed by atoms with van der Waals surface area (Å²) in [4.78, 5) is 36.1. The lowest BCUT2D eigenvalue weighted by Gasteiger charge is -2.18. The van der Waals surface area contributed by atoms with Crippen molar-refractivity contribution in [3.05, 3.63) is 6.33 Å². The number of rotatable bonds is 7. The standard InChI is InChI=1S/C16H22N6O8S/c1-5(24)7(14(27)28)18-15(29)19-11-8-12(21-16(20-11)31-2)22(4-17-8)13-10(26)9(25)6(3-23)30-13/h4-7,9-10,13,23-26H,3H2,1-2H3,(H,27,28)(H2,18,19,20,21,29)/t5-,6-,7+,9-,10-,13?/m1/s1. The van der Waals surface area contributed by atoms with E-state index < -0.39 is 55.3 Å². The Kier molecular flexibility index (Phi) is 6.93. The number of hydrogen-bond acceptors (Lipinski definition) is 11. The van der Waals surface area contributed by atoms with Crippen molar-refractivity contribution in [1.29, 1.82) is 0 Å². The third kappa shape index (κ3) is 4.56. The first kappa shape index (κ1) is 23.1. The Balaban J connectivity index is 1.93. The van der Waals surface area contributed by atoms with Crippen molar-refractivity contribution in [2.24, 2.45) is 0 Å². The summed E-state index contributed by atoms with van der Waals surface area (Å²) >= 11 is 1.15. The van der Waals surface area contributed by atoms with Crippen LogP contribution in [0.1, 0.15) is 13.2 Å². The number of thioether (sulfide) groups is 1. The first-order valence-corrected chi connectivity index (χ1v) is 10.3. The van der Waals surface area contributed by atoms with Gasteiger partial charge in [-0.05, 0) is 13.2 Å². The smallest absolute Gasteiger partial charge is 0.328 e. The zero-order chi connectivity index (χ0) is 22.9. The molecule has 2 amide bonds. The Morgan fingerprint density at radius 3 is 2.58 bits per heavy atom. The van der Waals surface area contributed by atoms with Crippen molar-refractivity contribution in [2.75, 3.05) is 18.2 Å². The van der Waals surface area contributed by atoms with Crippen molar-refractivity contribution < 1.29 is 39.9 Å². The van der Waals surface area contributed by atoms with E-state index in [4.69, 9.17) is 9.84 Å². The summed E-state index contributed by atoms with van der Waals surface area (Å²) in [6, 6.07) is -2.49. The van der Waals surface area contributed by atoms with E-state index in [9.17, 15) is 30.0 Å². The second-order valence-electron chi connectivity index (χ2n) is 6.77. The fourth-order valence-electron chi connectivity index (χ4n) is 3.04. The van der Waals surface area contributed by atoms with Crippen LogP contribution < -0.4 is 10.6 Å². The number of carboxylic acid groups (broad SMARTS) is 1. The van der Waals surface area contributed by atoms with Crippen LogP contribution in [0, 0.1) is 0 Å². The number of aromatic nitrogens is 4. The van der Waals surface area contributed by atoms with E-state index >= 15 is 0 Å². The summed E-state index contributed by atoms with van der Waals surface area (Å²) in [5.41, 5.74) is 0.268. The van der Waals surface area contributed by atoms with E-state index in [1.165, 1.54) is 17.8 Å². The molecule has 0 bridgehead atoms. The minimum Gasteiger partial charge on any atom is -0.480 e. The molecule has 1 aliphatic rings. The molecule has 7 N–H and O–H groups in total. The summed E-state index contributed by atoms with van der Waals surface area (Å²) in [5, 5.41) is 53.0. The molecule has 6 atom stereocenters. The maximum atomic E-state index is 12.3. The molecule has 170 valence electrons. The van der Waals surface area contributed by atoms with Crippen LogP contribution in [0.3, 0.4) is 0 Å². The third-order valence-electron chi connectivity index (χ3n) is 4.64. The SMILES string of the molecule is CSc1nc(NC(=O)N[C@H](C(=O)O)[C@@H](C)O)c2ncn(C3O[C@H](CO)[C@@H](O)[C@H]3O)c2n1. The largest absolute Gasteiger partial charge is 0.480 e. The second kappa shape index (κ2) is 9.29. The van der Waals surface area contributed by atoms with E-state index in [1.807, 2.05) is 0 Å². The third-order valence-corrected chi connectivity index (χ3v) is 5.19. The number of imidazole rings is 1. The number of carboxylic acids is 1. The van der Waals surface area contributed by atoms with E-state index in [0.717, 1.165) is 11.8 Å². The molecule has 1 fully saturated rings. The summed E-state index contributed by atoms with van der Waals surface area (Å²) in [5.74, 6) is -1.47. The van der Waals surface area contributed by atoms with Gasteiger partial charge in [0.15, 0.2) is 34.4 Å². The number of fused-ring (bicyclic) bond motifs is 1. The number of carbonyl (C=O) groups is 2. The van der Waals surface area contributed by atoms with Gasteiger partial charge in [0.25, 0.3) is 0 Å². The minimum absolute atomic E-state index is 0.0490. The van der Waals surface area contributed by atoms with Crippen LogP contribution in [0.4, 0.5) is 10.6 Å². The average Bonchev–Trinajstić information content (AvgIpc) is 3.26. The maximum Gasteiger partial charge on any atom is 0.328 e. The maximum absolute atomic E-state index is 12.3. The van der Waals surface area contributed by atoms with Crippen molar-refractivity contribution in [3.8, 4) is 0 Å². The highest BCUT2D eigenvalue weighted by molar-refractivity contribution is 7.98. The predicted octanol–water partition coefficient (Wildman–Crippen LogP) is -1.88. The Hall–Kier alpha value is -2.56. The lowest BCUT2D eigenvalue weighted by atomic mass is 10.1. The fraction of sp³-hybridized carbons (Fsp3) is 0.562. The summed E-state index contributed by atoms with van der Waals surface area (Å²) in [7, 11) is 0. The van der Waals surface area contributed by atoms with Gasteiger partial charge in [-0.2, -0.15) is 0 Å². The van der Waals surface area contributed by atoms with Crippen molar-refractivity contribution in [1.82, 2.24) is 24.8 Å². The molecule has 0 spiro atoms. The summed E-state index contributed by atoms with van der Waals surface area (Å²) < 4.78 is 6.83. The molecule has 0 aromatic carbocycles. The highest BCUT2D eigenvalue weighted by Crippen LogP contribution is 2.33. The van der Waals surface area contributed by atoms with Crippen LogP contribution in [0.2, 0.25) is 0 Å². The van der Waals surface area contributed by atoms with Gasteiger partial charge in [-0.25, -0.2) is 24.5 Å². The Morgan fingerprint density at radius 2 is 2.03 bits per heavy atom. The molecular formula is C16H22N6O8S. The van der Waals surface area contributed by atoms with E-state index in [-0.39, 0.29) is 22.1 Å². The molecule has 1 unspecified atom stereocenters. The summed E-state index contributed by atoms with van der Waals surface area (Å²) in [6.07, 6.45) is -3.20. The topological polar surface area (TPSA) is 212 Å². The number of aliphatic carboxylic acids is 1. The van der Waals surface area contributed by atoms with E-state index in [1.54, 1.807) is 6.26 Å². The lowest BCUT2D eigenvalue weighted by molar-refractivity contribution is -0.141. The molecule has 1 aliphatic heterocycles. The Bertz CT molecular complexity index is 971. The normalized spacial score (nSPS) is 25.4. The molecule has 0 radical (unpaired) electrons. The number of urea groups is 1. The van der Waals surface area contributed by atoms with Gasteiger partial charge in [0.1, 0.15) is 18.3 Å². The van der Waals surface area contributed by atoms with Crippen molar-refractivity contribution in [2.45, 2.75) is 48.8 Å². The molecule has 0 saturated carbocycles. The van der Waals surface area contributed by atoms with Gasteiger partial charge < -0.3 is 35.6 Å². The van der Waals surface area contributed by atoms with Crippen LogP contribution >= 0.6 is 11.8 Å². The number of nitrogens with one attached hydrogen (secondary N) is 2. The molecule has 14 nitrogen and oxygen atoms in total. The van der Waals surface area contributed by atoms with Crippen LogP contribution in [0.15, 0.2) is 11.5 Å². The number of amides is 2. The average molecular weight is 458 g/mol. The quantitative estimate of drug-likeness (QED) is 0.179. The van der Waals surface area contributed by atoms with E-state index in [0.29, 0.717) is 0 Å². The minimum atomic E-state index is -1.55. The molecule has 0 aliphatic carbocycles. The lowest BCUT2D eigenvalue weighted by Crippen LogP contribution is -2.49. The number of nitrogens with zero attached hydrogens (tertiary/aromatic N) is 4. The number of aliphatic hydroxyl groups excluding tert-OH is 4. The van der Waals surface area contributed by atoms with Gasteiger partial charge in [0.05, 0.1) is 19.0 Å². The van der Waals surface area contributed by atoms with Gasteiger partial charge in [-0.1, -0.05) is 11.8 Å². The van der Waals surface area contributed by atoms with Gasteiger partial charge in [0, 0.05) is 0 Å². The fourth-order valence-corrected chi connectivity index (χ4v) is 3.40. The van der Waals surface area contributed by atoms with E-state index in [2.05, 4.69) is 25.6 Å².